The number of aromatic nitrogens is 1. The molecule has 1 atom stereocenters. The summed E-state index contributed by atoms with van der Waals surface area (Å²) in [6.45, 7) is 4.38. The molecular formula is C39H37N7O6. The molecule has 8 rings (SSSR count). The lowest BCUT2D eigenvalue weighted by Crippen LogP contribution is -2.54. The second-order valence-corrected chi connectivity index (χ2v) is 13.8. The zero-order valence-electron chi connectivity index (χ0n) is 28.6. The maximum absolute atomic E-state index is 13.2. The number of benzene rings is 3. The van der Waals surface area contributed by atoms with E-state index in [0.29, 0.717) is 5.75 Å². The summed E-state index contributed by atoms with van der Waals surface area (Å²) in [5.41, 5.74) is 9.11. The lowest BCUT2D eigenvalue weighted by atomic mass is 9.78. The predicted molar refractivity (Wildman–Crippen MR) is 191 cm³/mol. The minimum Gasteiger partial charge on any atom is -0.490 e. The number of imide groups is 2. The van der Waals surface area contributed by atoms with Gasteiger partial charge in [-0.25, -0.2) is 9.99 Å². The topological polar surface area (TPSA) is 154 Å². The second kappa shape index (κ2) is 13.2. The van der Waals surface area contributed by atoms with Crippen molar-refractivity contribution in [3.63, 3.8) is 0 Å². The van der Waals surface area contributed by atoms with E-state index >= 15 is 0 Å². The van der Waals surface area contributed by atoms with E-state index in [1.807, 2.05) is 42.6 Å². The number of hydrogen-bond acceptors (Lipinski definition) is 11. The van der Waals surface area contributed by atoms with E-state index < -0.39 is 29.7 Å². The number of pyridine rings is 1. The first kappa shape index (κ1) is 33.0. The fourth-order valence-corrected chi connectivity index (χ4v) is 6.93. The van der Waals surface area contributed by atoms with Gasteiger partial charge in [0.1, 0.15) is 35.2 Å². The molecule has 0 radical (unpaired) electrons. The van der Waals surface area contributed by atoms with Crippen molar-refractivity contribution >= 4 is 35.1 Å². The van der Waals surface area contributed by atoms with Crippen molar-refractivity contribution in [1.29, 1.82) is 0 Å². The number of piperidine rings is 1. The highest BCUT2D eigenvalue weighted by atomic mass is 16.5. The van der Waals surface area contributed by atoms with Gasteiger partial charge < -0.3 is 20.2 Å². The summed E-state index contributed by atoms with van der Waals surface area (Å²) in [7, 11) is 0. The molecule has 4 amide bonds. The summed E-state index contributed by atoms with van der Waals surface area (Å²) >= 11 is 0. The molecule has 1 aliphatic carbocycles. The molecule has 2 fully saturated rings. The number of carbonyl (C=O) groups is 4. The first-order valence-electron chi connectivity index (χ1n) is 17.2. The van der Waals surface area contributed by atoms with Crippen molar-refractivity contribution in [3.05, 3.63) is 120 Å². The molecule has 1 unspecified atom stereocenters. The SMILES string of the molecule is CC(C)(c1ccc(Oc2ccc(N3C=CNN3)nc2)cc1)c1ccc(OC2CC(Nc3ccc4c(c3)C(=O)N(C3CCC(=O)NC3=O)C4=O)C2)cc1. The lowest BCUT2D eigenvalue weighted by Gasteiger charge is -2.36. The maximum Gasteiger partial charge on any atom is 0.262 e. The Kier molecular flexibility index (Phi) is 8.34. The first-order chi connectivity index (χ1) is 25.1. The van der Waals surface area contributed by atoms with Crippen LogP contribution in [0.4, 0.5) is 11.5 Å². The van der Waals surface area contributed by atoms with Crippen LogP contribution in [0.3, 0.4) is 0 Å². The summed E-state index contributed by atoms with van der Waals surface area (Å²) in [4.78, 5) is 55.5. The van der Waals surface area contributed by atoms with Gasteiger partial charge in [0.25, 0.3) is 11.8 Å². The average molecular weight is 700 g/mol. The molecule has 1 saturated carbocycles. The molecule has 0 spiro atoms. The van der Waals surface area contributed by atoms with E-state index in [-0.39, 0.29) is 41.5 Å². The van der Waals surface area contributed by atoms with Crippen LogP contribution in [-0.2, 0) is 15.0 Å². The number of ether oxygens (including phenoxy) is 2. The summed E-state index contributed by atoms with van der Waals surface area (Å²) < 4.78 is 12.3. The minimum absolute atomic E-state index is 0.0432. The number of fused-ring (bicyclic) bond motifs is 1. The van der Waals surface area contributed by atoms with Gasteiger partial charge >= 0.3 is 0 Å². The molecule has 3 aromatic carbocycles. The Bertz CT molecular complexity index is 2080. The summed E-state index contributed by atoms with van der Waals surface area (Å²) in [6, 6.07) is 24.3. The van der Waals surface area contributed by atoms with E-state index in [2.05, 4.69) is 64.7 Å². The lowest BCUT2D eigenvalue weighted by molar-refractivity contribution is -0.136. The summed E-state index contributed by atoms with van der Waals surface area (Å²) in [5, 5.41) is 7.42. The van der Waals surface area contributed by atoms with Crippen LogP contribution in [0.25, 0.3) is 0 Å². The van der Waals surface area contributed by atoms with Crippen LogP contribution < -0.4 is 36.1 Å². The molecule has 1 saturated heterocycles. The third kappa shape index (κ3) is 6.30. The number of nitrogens with one attached hydrogen (secondary N) is 4. The second-order valence-electron chi connectivity index (χ2n) is 13.8. The molecule has 1 aromatic heterocycles. The zero-order chi connectivity index (χ0) is 36.0. The Hall–Kier alpha value is -6.21. The molecule has 13 heteroatoms. The Balaban J connectivity index is 0.828. The number of nitrogens with zero attached hydrogens (tertiary/aromatic N) is 3. The van der Waals surface area contributed by atoms with Crippen molar-refractivity contribution < 1.29 is 28.7 Å². The predicted octanol–water partition coefficient (Wildman–Crippen LogP) is 4.92. The normalized spacial score (nSPS) is 21.0. The van der Waals surface area contributed by atoms with Crippen molar-refractivity contribution in [3.8, 4) is 17.2 Å². The number of amides is 4. The van der Waals surface area contributed by atoms with E-state index in [9.17, 15) is 19.2 Å². The standard InChI is InChI=1S/C39H37N7O6/c1-39(2,23-3-8-27(9-4-23)51-29-12-15-34(40-22-29)45-18-17-41-44-45)24-5-10-28(11-6-24)52-30-19-26(20-30)42-25-7-13-31-32(21-25)38(50)46(37(31)49)33-14-16-35(47)43-36(33)48/h3-13,15,17-18,21-22,26,30,33,41-42,44H,14,16,19-20H2,1-2H3,(H,43,47,48). The molecule has 3 aliphatic heterocycles. The highest BCUT2D eigenvalue weighted by molar-refractivity contribution is 6.23. The van der Waals surface area contributed by atoms with Crippen LogP contribution in [0, 0.1) is 0 Å². The summed E-state index contributed by atoms with van der Waals surface area (Å²) in [5.74, 6) is 0.854. The summed E-state index contributed by atoms with van der Waals surface area (Å²) in [6.07, 6.45) is 7.11. The van der Waals surface area contributed by atoms with Crippen LogP contribution >= 0.6 is 0 Å². The van der Waals surface area contributed by atoms with Gasteiger partial charge in [-0.1, -0.05) is 38.1 Å². The van der Waals surface area contributed by atoms with Gasteiger partial charge in [0, 0.05) is 48.8 Å². The fourth-order valence-electron chi connectivity index (χ4n) is 6.93. The fraction of sp³-hybridized carbons (Fsp3) is 0.256. The first-order valence-corrected chi connectivity index (χ1v) is 17.2. The van der Waals surface area contributed by atoms with Gasteiger partial charge in [-0.2, -0.15) is 0 Å². The van der Waals surface area contributed by atoms with Crippen molar-refractivity contribution in [2.24, 2.45) is 0 Å². The number of carbonyl (C=O) groups excluding carboxylic acids is 4. The number of hydrogen-bond donors (Lipinski definition) is 4. The van der Waals surface area contributed by atoms with E-state index in [0.717, 1.165) is 51.9 Å². The molecule has 4 aromatic rings. The molecule has 13 nitrogen and oxygen atoms in total. The Morgan fingerprint density at radius 3 is 2.17 bits per heavy atom. The third-order valence-electron chi connectivity index (χ3n) is 10.1. The molecule has 4 heterocycles. The highest BCUT2D eigenvalue weighted by Gasteiger charge is 2.45. The van der Waals surface area contributed by atoms with Crippen molar-refractivity contribution in [2.45, 2.75) is 63.1 Å². The van der Waals surface area contributed by atoms with Crippen LogP contribution in [0.1, 0.15) is 71.4 Å². The molecule has 4 aliphatic rings. The van der Waals surface area contributed by atoms with E-state index in [1.165, 1.54) is 0 Å². The molecule has 264 valence electrons. The van der Waals surface area contributed by atoms with Crippen LogP contribution in [0.15, 0.2) is 97.5 Å². The molecule has 0 bridgehead atoms. The monoisotopic (exact) mass is 699 g/mol. The molecule has 4 N–H and O–H groups in total. The zero-order valence-corrected chi connectivity index (χ0v) is 28.6. The van der Waals surface area contributed by atoms with Gasteiger partial charge in [0.2, 0.25) is 11.8 Å². The largest absolute Gasteiger partial charge is 0.490 e. The van der Waals surface area contributed by atoms with Crippen LogP contribution in [0.5, 0.6) is 17.2 Å². The van der Waals surface area contributed by atoms with E-state index in [4.69, 9.17) is 9.47 Å². The minimum atomic E-state index is -0.986. The van der Waals surface area contributed by atoms with Gasteiger partial charge in [-0.15, -0.1) is 5.53 Å². The Labute approximate surface area is 299 Å². The van der Waals surface area contributed by atoms with E-state index in [1.54, 1.807) is 35.6 Å². The quantitative estimate of drug-likeness (QED) is 0.167. The van der Waals surface area contributed by atoms with Crippen LogP contribution in [0.2, 0.25) is 0 Å². The van der Waals surface area contributed by atoms with Gasteiger partial charge in [-0.3, -0.25) is 29.4 Å². The smallest absolute Gasteiger partial charge is 0.262 e. The molecular weight excluding hydrogens is 662 g/mol. The Morgan fingerprint density at radius 2 is 1.52 bits per heavy atom. The van der Waals surface area contributed by atoms with Crippen molar-refractivity contribution in [2.75, 3.05) is 10.3 Å². The van der Waals surface area contributed by atoms with Crippen LogP contribution in [-0.4, -0.2) is 51.7 Å². The number of anilines is 2. The molecule has 52 heavy (non-hydrogen) atoms. The van der Waals surface area contributed by atoms with Gasteiger partial charge in [-0.05, 0) is 72.1 Å². The highest BCUT2D eigenvalue weighted by Crippen LogP contribution is 2.36. The Morgan fingerprint density at radius 1 is 0.827 bits per heavy atom. The average Bonchev–Trinajstić information content (AvgIpc) is 3.75. The third-order valence-corrected chi connectivity index (χ3v) is 10.1. The van der Waals surface area contributed by atoms with Gasteiger partial charge in [0.05, 0.1) is 17.3 Å². The number of rotatable bonds is 10. The maximum atomic E-state index is 13.2. The van der Waals surface area contributed by atoms with Gasteiger partial charge in [0.15, 0.2) is 0 Å². The number of hydrazine groups is 2. The van der Waals surface area contributed by atoms with Crippen molar-refractivity contribution in [1.82, 2.24) is 26.2 Å².